The summed E-state index contributed by atoms with van der Waals surface area (Å²) in [6.07, 6.45) is 1.55. The van der Waals surface area contributed by atoms with Gasteiger partial charge in [-0.2, -0.15) is 0 Å². The molecule has 4 rings (SSSR count). The number of carbonyl (C=O) groups excluding carboxylic acids is 2. The van der Waals surface area contributed by atoms with E-state index in [2.05, 4.69) is 36.3 Å². The van der Waals surface area contributed by atoms with Crippen molar-refractivity contribution in [2.75, 3.05) is 33.2 Å². The third-order valence-corrected chi connectivity index (χ3v) is 8.52. The predicted octanol–water partition coefficient (Wildman–Crippen LogP) is 5.83. The fraction of sp³-hybridized carbons (Fsp3) is 0.533. The van der Waals surface area contributed by atoms with E-state index in [4.69, 9.17) is 11.6 Å². The van der Waals surface area contributed by atoms with Crippen LogP contribution in [0.3, 0.4) is 0 Å². The number of halogens is 3. The number of urea groups is 1. The third-order valence-electron chi connectivity index (χ3n) is 8.28. The van der Waals surface area contributed by atoms with Gasteiger partial charge in [-0.15, -0.1) is 0 Å². The standard InChI is InChI=1S/C30H39ClF2N4O2/c1-18(35-29(39)34-5)24-14-20(31)6-8-22(24)19-10-12-36(13-11-19)28(38)26-17-37(30(2,3)4)16-25(26)23-9-7-21(32)15-27(23)33/h6-9,14-15,18-19,25-26H,10-13,16-17H2,1-5H3,(H2,34,35,39)/t18?,25-,26?/m0/s1. The molecule has 2 unspecified atom stereocenters. The average molecular weight is 561 g/mol. The van der Waals surface area contributed by atoms with E-state index in [1.54, 1.807) is 7.05 Å². The Kier molecular flexibility index (Phi) is 8.86. The summed E-state index contributed by atoms with van der Waals surface area (Å²) < 4.78 is 28.5. The molecule has 2 aliphatic rings. The Morgan fingerprint density at radius 3 is 2.31 bits per heavy atom. The molecule has 9 heteroatoms. The van der Waals surface area contributed by atoms with Crippen LogP contribution in [0.1, 0.15) is 75.1 Å². The van der Waals surface area contributed by atoms with E-state index in [9.17, 15) is 18.4 Å². The number of benzene rings is 2. The Hall–Kier alpha value is -2.71. The average Bonchev–Trinajstić information content (AvgIpc) is 3.34. The number of piperidine rings is 1. The number of nitrogens with zero attached hydrogens (tertiary/aromatic N) is 2. The van der Waals surface area contributed by atoms with Gasteiger partial charge in [0.2, 0.25) is 5.91 Å². The Bertz CT molecular complexity index is 1210. The number of hydrogen-bond donors (Lipinski definition) is 2. The molecule has 0 aliphatic carbocycles. The molecule has 0 spiro atoms. The van der Waals surface area contributed by atoms with Gasteiger partial charge in [0.05, 0.1) is 12.0 Å². The van der Waals surface area contributed by atoms with Crippen LogP contribution in [0, 0.1) is 17.6 Å². The Morgan fingerprint density at radius 2 is 1.69 bits per heavy atom. The first-order valence-electron chi connectivity index (χ1n) is 13.7. The molecule has 3 atom stereocenters. The van der Waals surface area contributed by atoms with Crippen molar-refractivity contribution in [2.45, 2.75) is 64.0 Å². The lowest BCUT2D eigenvalue weighted by molar-refractivity contribution is -0.136. The summed E-state index contributed by atoms with van der Waals surface area (Å²) in [5.41, 5.74) is 2.32. The predicted molar refractivity (Wildman–Crippen MR) is 150 cm³/mol. The molecule has 0 saturated carbocycles. The fourth-order valence-electron chi connectivity index (χ4n) is 6.00. The van der Waals surface area contributed by atoms with Gasteiger partial charge in [0.1, 0.15) is 11.6 Å². The summed E-state index contributed by atoms with van der Waals surface area (Å²) in [5.74, 6) is -1.70. The number of hydrogen-bond acceptors (Lipinski definition) is 3. The molecule has 39 heavy (non-hydrogen) atoms. The van der Waals surface area contributed by atoms with Crippen LogP contribution in [0.15, 0.2) is 36.4 Å². The molecule has 0 radical (unpaired) electrons. The number of likely N-dealkylation sites (tertiary alicyclic amines) is 2. The number of carbonyl (C=O) groups is 2. The van der Waals surface area contributed by atoms with Gasteiger partial charge in [-0.1, -0.05) is 23.7 Å². The van der Waals surface area contributed by atoms with Crippen LogP contribution in [0.5, 0.6) is 0 Å². The molecule has 2 aromatic carbocycles. The van der Waals surface area contributed by atoms with E-state index >= 15 is 0 Å². The second-order valence-electron chi connectivity index (χ2n) is 11.8. The van der Waals surface area contributed by atoms with Gasteiger partial charge in [-0.3, -0.25) is 9.69 Å². The molecule has 2 saturated heterocycles. The molecular formula is C30H39ClF2N4O2. The Labute approximate surface area is 235 Å². The number of nitrogens with one attached hydrogen (secondary N) is 2. The minimum Gasteiger partial charge on any atom is -0.342 e. The minimum absolute atomic E-state index is 0.0277. The normalized spacial score (nSPS) is 21.6. The van der Waals surface area contributed by atoms with Crippen LogP contribution >= 0.6 is 11.6 Å². The molecule has 2 heterocycles. The highest BCUT2D eigenvalue weighted by Crippen LogP contribution is 2.40. The molecule has 6 nitrogen and oxygen atoms in total. The summed E-state index contributed by atoms with van der Waals surface area (Å²) in [6.45, 7) is 10.5. The van der Waals surface area contributed by atoms with E-state index in [1.807, 2.05) is 30.0 Å². The van der Waals surface area contributed by atoms with Crippen molar-refractivity contribution in [3.05, 3.63) is 69.7 Å². The zero-order chi connectivity index (χ0) is 28.5. The first-order valence-corrected chi connectivity index (χ1v) is 14.0. The minimum atomic E-state index is -0.617. The lowest BCUT2D eigenvalue weighted by atomic mass is 9.83. The molecule has 2 aliphatic heterocycles. The van der Waals surface area contributed by atoms with Gasteiger partial charge >= 0.3 is 6.03 Å². The van der Waals surface area contributed by atoms with Crippen molar-refractivity contribution in [3.63, 3.8) is 0 Å². The van der Waals surface area contributed by atoms with Crippen molar-refractivity contribution in [2.24, 2.45) is 5.92 Å². The van der Waals surface area contributed by atoms with Gasteiger partial charge < -0.3 is 15.5 Å². The zero-order valence-corrected chi connectivity index (χ0v) is 24.1. The topological polar surface area (TPSA) is 64.7 Å². The van der Waals surface area contributed by atoms with Crippen molar-refractivity contribution in [3.8, 4) is 0 Å². The summed E-state index contributed by atoms with van der Waals surface area (Å²) in [6, 6.07) is 8.97. The molecule has 2 N–H and O–H groups in total. The molecule has 0 aromatic heterocycles. The lowest BCUT2D eigenvalue weighted by Gasteiger charge is -2.36. The second-order valence-corrected chi connectivity index (χ2v) is 12.2. The molecule has 0 bridgehead atoms. The Morgan fingerprint density at radius 1 is 1.03 bits per heavy atom. The van der Waals surface area contributed by atoms with Crippen molar-refractivity contribution in [1.29, 1.82) is 0 Å². The van der Waals surface area contributed by atoms with Crippen molar-refractivity contribution in [1.82, 2.24) is 20.4 Å². The first-order chi connectivity index (χ1) is 18.4. The van der Waals surface area contributed by atoms with Crippen LogP contribution in [0.2, 0.25) is 5.02 Å². The van der Waals surface area contributed by atoms with Crippen molar-refractivity contribution < 1.29 is 18.4 Å². The highest BCUT2D eigenvalue weighted by molar-refractivity contribution is 6.30. The molecule has 2 fully saturated rings. The van der Waals surface area contributed by atoms with Gasteiger partial charge in [0, 0.05) is 55.8 Å². The molecular weight excluding hydrogens is 522 g/mol. The summed E-state index contributed by atoms with van der Waals surface area (Å²) in [4.78, 5) is 29.9. The van der Waals surface area contributed by atoms with Crippen LogP contribution in [-0.4, -0.2) is 60.5 Å². The third kappa shape index (κ3) is 6.55. The van der Waals surface area contributed by atoms with Gasteiger partial charge in [0.25, 0.3) is 0 Å². The highest BCUT2D eigenvalue weighted by atomic mass is 35.5. The van der Waals surface area contributed by atoms with E-state index in [0.717, 1.165) is 30.0 Å². The monoisotopic (exact) mass is 560 g/mol. The maximum absolute atomic E-state index is 14.9. The summed E-state index contributed by atoms with van der Waals surface area (Å²) >= 11 is 6.30. The fourth-order valence-corrected chi connectivity index (χ4v) is 6.18. The first kappa shape index (κ1) is 29.3. The second kappa shape index (κ2) is 11.8. The molecule has 2 aromatic rings. The number of amides is 3. The highest BCUT2D eigenvalue weighted by Gasteiger charge is 2.44. The van der Waals surface area contributed by atoms with E-state index < -0.39 is 17.6 Å². The summed E-state index contributed by atoms with van der Waals surface area (Å²) in [7, 11) is 1.58. The SMILES string of the molecule is CNC(=O)NC(C)c1cc(Cl)ccc1C1CCN(C(=O)C2CN(C(C)(C)C)C[C@H]2c2ccc(F)cc2F)CC1. The van der Waals surface area contributed by atoms with E-state index in [0.29, 0.717) is 36.8 Å². The largest absolute Gasteiger partial charge is 0.342 e. The van der Waals surface area contributed by atoms with Crippen LogP contribution in [0.25, 0.3) is 0 Å². The van der Waals surface area contributed by atoms with Crippen LogP contribution < -0.4 is 10.6 Å². The Balaban J connectivity index is 1.51. The van der Waals surface area contributed by atoms with Gasteiger partial charge in [-0.25, -0.2) is 13.6 Å². The van der Waals surface area contributed by atoms with Crippen LogP contribution in [0.4, 0.5) is 13.6 Å². The van der Waals surface area contributed by atoms with Gasteiger partial charge in [-0.05, 0) is 81.3 Å². The van der Waals surface area contributed by atoms with Gasteiger partial charge in [0.15, 0.2) is 0 Å². The summed E-state index contributed by atoms with van der Waals surface area (Å²) in [5, 5.41) is 6.12. The smallest absolute Gasteiger partial charge is 0.315 e. The maximum atomic E-state index is 14.9. The number of rotatable bonds is 5. The molecule has 3 amide bonds. The maximum Gasteiger partial charge on any atom is 0.315 e. The molecule has 212 valence electrons. The van der Waals surface area contributed by atoms with E-state index in [-0.39, 0.29) is 35.4 Å². The van der Waals surface area contributed by atoms with E-state index in [1.165, 1.54) is 12.1 Å². The zero-order valence-electron chi connectivity index (χ0n) is 23.4. The lowest BCUT2D eigenvalue weighted by Crippen LogP contribution is -2.44. The van der Waals surface area contributed by atoms with Crippen molar-refractivity contribution >= 4 is 23.5 Å². The van der Waals surface area contributed by atoms with Crippen LogP contribution in [-0.2, 0) is 4.79 Å². The quantitative estimate of drug-likeness (QED) is 0.484.